The molecule has 0 aromatic heterocycles. The van der Waals surface area contributed by atoms with Crippen LogP contribution >= 0.6 is 0 Å². The molecule has 0 heterocycles. The van der Waals surface area contributed by atoms with Crippen molar-refractivity contribution in [3.63, 3.8) is 0 Å². The van der Waals surface area contributed by atoms with E-state index in [0.717, 1.165) is 19.3 Å². The Hall–Kier alpha value is -2.35. The lowest BCUT2D eigenvalue weighted by molar-refractivity contribution is -0.137. The predicted molar refractivity (Wildman–Crippen MR) is 119 cm³/mol. The van der Waals surface area contributed by atoms with E-state index < -0.39 is 5.97 Å². The van der Waals surface area contributed by atoms with Crippen molar-refractivity contribution < 1.29 is 9.90 Å². The minimum absolute atomic E-state index is 0.322. The van der Waals surface area contributed by atoms with E-state index in [1.165, 1.54) is 72.1 Å². The Kier molecular flexibility index (Phi) is 7.90. The van der Waals surface area contributed by atoms with Gasteiger partial charge in [0.2, 0.25) is 0 Å². The molecule has 3 aromatic rings. The van der Waals surface area contributed by atoms with Gasteiger partial charge in [0.25, 0.3) is 0 Å². The number of aliphatic carboxylic acids is 1. The van der Waals surface area contributed by atoms with Crippen molar-refractivity contribution in [2.75, 3.05) is 0 Å². The maximum absolute atomic E-state index is 10.5. The molecular weight excluding hydrogens is 344 g/mol. The number of hydrogen-bond acceptors (Lipinski definition) is 1. The quantitative estimate of drug-likeness (QED) is 0.262. The van der Waals surface area contributed by atoms with Gasteiger partial charge in [0.1, 0.15) is 0 Å². The van der Waals surface area contributed by atoms with Gasteiger partial charge in [-0.15, -0.1) is 0 Å². The molecule has 2 nitrogen and oxygen atoms in total. The topological polar surface area (TPSA) is 37.3 Å². The highest BCUT2D eigenvalue weighted by molar-refractivity contribution is 6.02. The molecule has 3 rings (SSSR count). The molecule has 0 aliphatic carbocycles. The number of carboxylic acids is 1. The summed E-state index contributed by atoms with van der Waals surface area (Å²) in [5, 5.41) is 14.1. The SMILES string of the molecule is O=C(O)CCCCCCCCCCCc1c2ccccc2cc2ccccc12. The van der Waals surface area contributed by atoms with Crippen LogP contribution in [0.5, 0.6) is 0 Å². The second-order valence-electron chi connectivity index (χ2n) is 7.87. The maximum Gasteiger partial charge on any atom is 0.303 e. The summed E-state index contributed by atoms with van der Waals surface area (Å²) in [5.74, 6) is -0.668. The van der Waals surface area contributed by atoms with Crippen molar-refractivity contribution >= 4 is 27.5 Å². The summed E-state index contributed by atoms with van der Waals surface area (Å²) < 4.78 is 0. The molecular formula is C26H32O2. The van der Waals surface area contributed by atoms with E-state index in [1.807, 2.05) is 0 Å². The van der Waals surface area contributed by atoms with Crippen LogP contribution in [0.2, 0.25) is 0 Å². The normalized spacial score (nSPS) is 11.3. The molecule has 28 heavy (non-hydrogen) atoms. The Labute approximate surface area is 168 Å². The number of fused-ring (bicyclic) bond motifs is 2. The van der Waals surface area contributed by atoms with Gasteiger partial charge in [-0.1, -0.05) is 93.5 Å². The van der Waals surface area contributed by atoms with Crippen LogP contribution in [0.3, 0.4) is 0 Å². The van der Waals surface area contributed by atoms with Gasteiger partial charge in [-0.2, -0.15) is 0 Å². The Morgan fingerprint density at radius 1 is 0.643 bits per heavy atom. The number of carboxylic acid groups (broad SMARTS) is 1. The Morgan fingerprint density at radius 3 is 1.64 bits per heavy atom. The minimum Gasteiger partial charge on any atom is -0.481 e. The lowest BCUT2D eigenvalue weighted by atomic mass is 9.93. The third kappa shape index (κ3) is 5.82. The average molecular weight is 377 g/mol. The lowest BCUT2D eigenvalue weighted by Gasteiger charge is -2.11. The molecule has 0 aliphatic rings. The summed E-state index contributed by atoms with van der Waals surface area (Å²) in [6, 6.07) is 19.8. The van der Waals surface area contributed by atoms with Gasteiger partial charge in [-0.3, -0.25) is 4.79 Å². The van der Waals surface area contributed by atoms with Crippen molar-refractivity contribution in [3.05, 3.63) is 60.2 Å². The Bertz CT molecular complexity index is 843. The zero-order valence-corrected chi connectivity index (χ0v) is 16.8. The van der Waals surface area contributed by atoms with Crippen LogP contribution in [0.1, 0.15) is 69.8 Å². The van der Waals surface area contributed by atoms with Gasteiger partial charge >= 0.3 is 5.97 Å². The molecule has 0 amide bonds. The van der Waals surface area contributed by atoms with Gasteiger partial charge in [-0.25, -0.2) is 0 Å². The van der Waals surface area contributed by atoms with Gasteiger partial charge in [0, 0.05) is 6.42 Å². The monoisotopic (exact) mass is 376 g/mol. The molecule has 0 fully saturated rings. The highest BCUT2D eigenvalue weighted by atomic mass is 16.4. The van der Waals surface area contributed by atoms with Gasteiger partial charge in [0.05, 0.1) is 0 Å². The molecule has 0 saturated carbocycles. The fraction of sp³-hybridized carbons (Fsp3) is 0.423. The predicted octanol–water partition coefficient (Wildman–Crippen LogP) is 7.52. The number of carbonyl (C=O) groups is 1. The zero-order valence-electron chi connectivity index (χ0n) is 16.8. The molecule has 0 radical (unpaired) electrons. The van der Waals surface area contributed by atoms with Crippen LogP contribution in [0.25, 0.3) is 21.5 Å². The van der Waals surface area contributed by atoms with Crippen molar-refractivity contribution in [1.82, 2.24) is 0 Å². The van der Waals surface area contributed by atoms with E-state index in [4.69, 9.17) is 5.11 Å². The molecule has 3 aromatic carbocycles. The van der Waals surface area contributed by atoms with E-state index in [0.29, 0.717) is 6.42 Å². The molecule has 1 N–H and O–H groups in total. The van der Waals surface area contributed by atoms with Crippen molar-refractivity contribution in [2.24, 2.45) is 0 Å². The fourth-order valence-corrected chi connectivity index (χ4v) is 4.19. The highest BCUT2D eigenvalue weighted by Gasteiger charge is 2.07. The third-order valence-electron chi connectivity index (χ3n) is 5.70. The zero-order chi connectivity index (χ0) is 19.6. The van der Waals surface area contributed by atoms with E-state index >= 15 is 0 Å². The van der Waals surface area contributed by atoms with E-state index in [-0.39, 0.29) is 0 Å². The number of aryl methyl sites for hydroxylation is 1. The molecule has 0 atom stereocenters. The van der Waals surface area contributed by atoms with Crippen LogP contribution in [-0.2, 0) is 11.2 Å². The minimum atomic E-state index is -0.668. The van der Waals surface area contributed by atoms with Crippen molar-refractivity contribution in [3.8, 4) is 0 Å². The first-order valence-electron chi connectivity index (χ1n) is 10.9. The first kappa shape index (κ1) is 20.4. The summed E-state index contributed by atoms with van der Waals surface area (Å²) in [6.07, 6.45) is 12.2. The first-order chi connectivity index (χ1) is 13.8. The standard InChI is InChI=1S/C26H32O2/c27-26(28)19-9-7-5-3-1-2-4-6-8-18-25-23-16-12-10-14-21(23)20-22-15-11-13-17-24(22)25/h10-17,20H,1-9,18-19H2,(H,27,28). The van der Waals surface area contributed by atoms with Crippen molar-refractivity contribution in [2.45, 2.75) is 70.6 Å². The van der Waals surface area contributed by atoms with E-state index in [9.17, 15) is 4.79 Å². The Morgan fingerprint density at radius 2 is 1.11 bits per heavy atom. The molecule has 0 saturated heterocycles. The number of unbranched alkanes of at least 4 members (excludes halogenated alkanes) is 8. The number of hydrogen-bond donors (Lipinski definition) is 1. The lowest BCUT2D eigenvalue weighted by Crippen LogP contribution is -1.93. The van der Waals surface area contributed by atoms with E-state index in [2.05, 4.69) is 54.6 Å². The average Bonchev–Trinajstić information content (AvgIpc) is 2.71. The number of rotatable bonds is 12. The van der Waals surface area contributed by atoms with Crippen LogP contribution in [0, 0.1) is 0 Å². The number of benzene rings is 3. The summed E-state index contributed by atoms with van der Waals surface area (Å²) in [4.78, 5) is 10.5. The second-order valence-corrected chi connectivity index (χ2v) is 7.87. The summed E-state index contributed by atoms with van der Waals surface area (Å²) >= 11 is 0. The van der Waals surface area contributed by atoms with Crippen LogP contribution in [0.15, 0.2) is 54.6 Å². The molecule has 148 valence electrons. The molecule has 0 unspecified atom stereocenters. The maximum atomic E-state index is 10.5. The Balaban J connectivity index is 1.42. The summed E-state index contributed by atoms with van der Waals surface area (Å²) in [6.45, 7) is 0. The van der Waals surface area contributed by atoms with Crippen LogP contribution < -0.4 is 0 Å². The highest BCUT2D eigenvalue weighted by Crippen LogP contribution is 2.29. The molecule has 0 spiro atoms. The smallest absolute Gasteiger partial charge is 0.303 e. The summed E-state index contributed by atoms with van der Waals surface area (Å²) in [5.41, 5.74) is 1.51. The first-order valence-corrected chi connectivity index (χ1v) is 10.9. The summed E-state index contributed by atoms with van der Waals surface area (Å²) in [7, 11) is 0. The van der Waals surface area contributed by atoms with Crippen LogP contribution in [0.4, 0.5) is 0 Å². The van der Waals surface area contributed by atoms with Gasteiger partial charge in [0.15, 0.2) is 0 Å². The third-order valence-corrected chi connectivity index (χ3v) is 5.70. The second kappa shape index (κ2) is 10.8. The van der Waals surface area contributed by atoms with E-state index in [1.54, 1.807) is 0 Å². The van der Waals surface area contributed by atoms with Crippen LogP contribution in [-0.4, -0.2) is 11.1 Å². The molecule has 2 heteroatoms. The van der Waals surface area contributed by atoms with Gasteiger partial charge in [-0.05, 0) is 52.4 Å². The molecule has 0 aliphatic heterocycles. The molecule has 0 bridgehead atoms. The van der Waals surface area contributed by atoms with Gasteiger partial charge < -0.3 is 5.11 Å². The largest absolute Gasteiger partial charge is 0.481 e. The fourth-order valence-electron chi connectivity index (χ4n) is 4.19. The van der Waals surface area contributed by atoms with Crippen molar-refractivity contribution in [1.29, 1.82) is 0 Å².